The Labute approximate surface area is 206 Å². The van der Waals surface area contributed by atoms with Crippen molar-refractivity contribution in [2.24, 2.45) is 5.73 Å². The first-order valence-corrected chi connectivity index (χ1v) is 11.4. The van der Waals surface area contributed by atoms with Crippen LogP contribution in [-0.4, -0.2) is 50.3 Å². The summed E-state index contributed by atoms with van der Waals surface area (Å²) in [4.78, 5) is 38.0. The van der Waals surface area contributed by atoms with E-state index in [1.807, 2.05) is 60.7 Å². The minimum Gasteiger partial charge on any atom is -0.355 e. The third-order valence-electron chi connectivity index (χ3n) is 5.57. The lowest BCUT2D eigenvalue weighted by atomic mass is 9.85. The van der Waals surface area contributed by atoms with E-state index in [0.717, 1.165) is 22.6 Å². The van der Waals surface area contributed by atoms with Crippen molar-refractivity contribution in [2.45, 2.75) is 12.8 Å². The number of benzene rings is 3. The van der Waals surface area contributed by atoms with Gasteiger partial charge in [-0.15, -0.1) is 0 Å². The molecule has 0 atom stereocenters. The van der Waals surface area contributed by atoms with Crippen LogP contribution in [0.5, 0.6) is 0 Å². The van der Waals surface area contributed by atoms with E-state index < -0.39 is 0 Å². The van der Waals surface area contributed by atoms with Gasteiger partial charge in [0.1, 0.15) is 0 Å². The average molecular weight is 472 g/mol. The predicted octanol–water partition coefficient (Wildman–Crippen LogP) is 3.05. The van der Waals surface area contributed by atoms with Gasteiger partial charge in [0, 0.05) is 43.9 Å². The molecule has 3 aromatic carbocycles. The molecule has 0 fully saturated rings. The van der Waals surface area contributed by atoms with E-state index >= 15 is 0 Å². The normalized spacial score (nSPS) is 10.7. The van der Waals surface area contributed by atoms with Crippen molar-refractivity contribution in [3.05, 3.63) is 107 Å². The van der Waals surface area contributed by atoms with Gasteiger partial charge in [-0.05, 0) is 65.9 Å². The molecule has 181 valence electrons. The van der Waals surface area contributed by atoms with Crippen molar-refractivity contribution in [3.8, 4) is 0 Å². The van der Waals surface area contributed by atoms with Crippen molar-refractivity contribution in [1.29, 1.82) is 0 Å². The smallest absolute Gasteiger partial charge is 0.253 e. The molecule has 0 aliphatic heterocycles. The molecule has 0 aliphatic rings. The molecule has 0 bridgehead atoms. The minimum atomic E-state index is -0.257. The maximum atomic E-state index is 12.5. The molecule has 3 aromatic rings. The van der Waals surface area contributed by atoms with Crippen LogP contribution in [0.1, 0.15) is 37.4 Å². The molecule has 0 saturated heterocycles. The number of nitrogens with two attached hydrogens (primary N) is 1. The Balaban J connectivity index is 1.95. The standard InChI is InChI=1S/C28H31N4O3/c1-30-27(34)22-10-6-9-21(17-22)24(14-19-7-4-11-23(13-19)28(35)32(2)3)15-20-8-5-12-25(16-20)31-26(33)18-29/h4-13,16-17H,14-15,18,29H2,1-3H3,(H,30,34)(H,31,33). The number of carbonyl (C=O) groups is 3. The van der Waals surface area contributed by atoms with Gasteiger partial charge in [0.05, 0.1) is 6.54 Å². The third-order valence-corrected chi connectivity index (χ3v) is 5.57. The Kier molecular flexibility index (Phi) is 8.75. The van der Waals surface area contributed by atoms with Gasteiger partial charge < -0.3 is 21.3 Å². The van der Waals surface area contributed by atoms with Gasteiger partial charge >= 0.3 is 0 Å². The van der Waals surface area contributed by atoms with Crippen LogP contribution < -0.4 is 16.4 Å². The zero-order valence-corrected chi connectivity index (χ0v) is 20.3. The number of nitrogens with zero attached hydrogens (tertiary/aromatic N) is 1. The molecule has 7 heteroatoms. The lowest BCUT2D eigenvalue weighted by Crippen LogP contribution is -2.22. The van der Waals surface area contributed by atoms with Gasteiger partial charge in [-0.3, -0.25) is 14.4 Å². The Morgan fingerprint density at radius 1 is 0.800 bits per heavy atom. The number of anilines is 1. The van der Waals surface area contributed by atoms with Crippen molar-refractivity contribution in [3.63, 3.8) is 0 Å². The number of carbonyl (C=O) groups excluding carboxylic acids is 3. The molecular formula is C28H31N4O3. The van der Waals surface area contributed by atoms with E-state index in [-0.39, 0.29) is 24.3 Å². The summed E-state index contributed by atoms with van der Waals surface area (Å²) in [5.41, 5.74) is 10.2. The molecule has 7 nitrogen and oxygen atoms in total. The van der Waals surface area contributed by atoms with E-state index in [9.17, 15) is 14.4 Å². The van der Waals surface area contributed by atoms with E-state index in [0.29, 0.717) is 29.7 Å². The van der Waals surface area contributed by atoms with Gasteiger partial charge in [-0.25, -0.2) is 0 Å². The van der Waals surface area contributed by atoms with Crippen LogP contribution in [0.2, 0.25) is 0 Å². The molecule has 35 heavy (non-hydrogen) atoms. The maximum Gasteiger partial charge on any atom is 0.253 e. The molecule has 0 aromatic heterocycles. The molecule has 0 unspecified atom stereocenters. The predicted molar refractivity (Wildman–Crippen MR) is 138 cm³/mol. The lowest BCUT2D eigenvalue weighted by molar-refractivity contribution is -0.114. The molecule has 3 amide bonds. The summed E-state index contributed by atoms with van der Waals surface area (Å²) in [6.45, 7) is -0.0874. The average Bonchev–Trinajstić information content (AvgIpc) is 2.87. The number of amides is 3. The number of nitrogens with one attached hydrogen (secondary N) is 2. The molecule has 0 spiro atoms. The summed E-state index contributed by atoms with van der Waals surface area (Å²) in [5.74, 6) is 0.606. The molecule has 3 rings (SSSR count). The SMILES string of the molecule is CNC(=O)c1cccc([C](Cc2cccc(NC(=O)CN)c2)Cc2cccc(C(=O)N(C)C)c2)c1. The molecule has 0 saturated carbocycles. The fourth-order valence-corrected chi connectivity index (χ4v) is 3.83. The quantitative estimate of drug-likeness (QED) is 0.446. The zero-order chi connectivity index (χ0) is 25.4. The number of hydrogen-bond acceptors (Lipinski definition) is 4. The Bertz CT molecular complexity index is 1210. The summed E-state index contributed by atoms with van der Waals surface area (Å²) in [7, 11) is 5.06. The van der Waals surface area contributed by atoms with Crippen LogP contribution in [-0.2, 0) is 17.6 Å². The van der Waals surface area contributed by atoms with Crippen LogP contribution in [0, 0.1) is 5.92 Å². The molecular weight excluding hydrogens is 440 g/mol. The molecule has 0 aliphatic carbocycles. The van der Waals surface area contributed by atoms with Crippen molar-refractivity contribution in [1.82, 2.24) is 10.2 Å². The molecule has 0 heterocycles. The second-order valence-electron chi connectivity index (χ2n) is 8.47. The third kappa shape index (κ3) is 7.01. The van der Waals surface area contributed by atoms with Gasteiger partial charge in [-0.1, -0.05) is 36.4 Å². The van der Waals surface area contributed by atoms with E-state index in [4.69, 9.17) is 5.73 Å². The topological polar surface area (TPSA) is 105 Å². The maximum absolute atomic E-state index is 12.5. The van der Waals surface area contributed by atoms with Crippen LogP contribution in [0.25, 0.3) is 0 Å². The summed E-state index contributed by atoms with van der Waals surface area (Å²) >= 11 is 0. The van der Waals surface area contributed by atoms with Gasteiger partial charge in [-0.2, -0.15) is 0 Å². The first kappa shape index (κ1) is 25.6. The second-order valence-corrected chi connectivity index (χ2v) is 8.47. The highest BCUT2D eigenvalue weighted by Gasteiger charge is 2.18. The van der Waals surface area contributed by atoms with Crippen molar-refractivity contribution >= 4 is 23.4 Å². The highest BCUT2D eigenvalue weighted by molar-refractivity contribution is 5.95. The second kappa shape index (κ2) is 11.9. The van der Waals surface area contributed by atoms with Crippen LogP contribution in [0.4, 0.5) is 5.69 Å². The van der Waals surface area contributed by atoms with Gasteiger partial charge in [0.25, 0.3) is 11.8 Å². The summed E-state index contributed by atoms with van der Waals surface area (Å²) < 4.78 is 0. The lowest BCUT2D eigenvalue weighted by Gasteiger charge is -2.19. The summed E-state index contributed by atoms with van der Waals surface area (Å²) in [6, 6.07) is 22.7. The van der Waals surface area contributed by atoms with Crippen LogP contribution in [0.15, 0.2) is 72.8 Å². The molecule has 1 radical (unpaired) electrons. The minimum absolute atomic E-state index is 0.0571. The van der Waals surface area contributed by atoms with E-state index in [1.165, 1.54) is 0 Å². The first-order valence-electron chi connectivity index (χ1n) is 11.4. The summed E-state index contributed by atoms with van der Waals surface area (Å²) in [6.07, 6.45) is 1.18. The fourth-order valence-electron chi connectivity index (χ4n) is 3.83. The number of hydrogen-bond donors (Lipinski definition) is 3. The van der Waals surface area contributed by atoms with Crippen molar-refractivity contribution in [2.75, 3.05) is 33.0 Å². The van der Waals surface area contributed by atoms with E-state index in [1.54, 1.807) is 38.2 Å². The van der Waals surface area contributed by atoms with Gasteiger partial charge in [0.2, 0.25) is 5.91 Å². The highest BCUT2D eigenvalue weighted by atomic mass is 16.2. The Morgan fingerprint density at radius 3 is 2.06 bits per heavy atom. The Morgan fingerprint density at radius 2 is 1.40 bits per heavy atom. The largest absolute Gasteiger partial charge is 0.355 e. The Hall–Kier alpha value is -3.97. The number of rotatable bonds is 9. The van der Waals surface area contributed by atoms with Gasteiger partial charge in [0.15, 0.2) is 0 Å². The van der Waals surface area contributed by atoms with Crippen LogP contribution >= 0.6 is 0 Å². The highest BCUT2D eigenvalue weighted by Crippen LogP contribution is 2.27. The van der Waals surface area contributed by atoms with Crippen molar-refractivity contribution < 1.29 is 14.4 Å². The summed E-state index contributed by atoms with van der Waals surface area (Å²) in [5, 5.41) is 5.46. The molecule has 4 N–H and O–H groups in total. The first-order chi connectivity index (χ1) is 16.8. The van der Waals surface area contributed by atoms with E-state index in [2.05, 4.69) is 10.6 Å². The van der Waals surface area contributed by atoms with Crippen LogP contribution in [0.3, 0.4) is 0 Å². The monoisotopic (exact) mass is 471 g/mol. The zero-order valence-electron chi connectivity index (χ0n) is 20.3. The fraction of sp³-hybridized carbons (Fsp3) is 0.214.